The third-order valence-electron chi connectivity index (χ3n) is 7.11. The Morgan fingerprint density at radius 1 is 0.886 bits per heavy atom. The molecule has 1 aliphatic carbocycles. The number of aliphatic hydroxyl groups excluding tert-OH is 5. The zero-order chi connectivity index (χ0) is 26.0. The topological polar surface area (TPSA) is 254 Å². The fourth-order valence-corrected chi connectivity index (χ4v) is 5.04. The average Bonchev–Trinajstić information content (AvgIpc) is 2.81. The number of hydrogen-bond donors (Lipinski definition) is 10. The van der Waals surface area contributed by atoms with Crippen LogP contribution in [0.3, 0.4) is 0 Å². The fraction of sp³-hybridized carbons (Fsp3) is 1.00. The van der Waals surface area contributed by atoms with Gasteiger partial charge in [-0.25, -0.2) is 0 Å². The molecule has 2 saturated heterocycles. The minimum absolute atomic E-state index is 0.199. The molecule has 3 fully saturated rings. The van der Waals surface area contributed by atoms with Crippen LogP contribution in [0.15, 0.2) is 0 Å². The second kappa shape index (κ2) is 12.3. The van der Waals surface area contributed by atoms with Crippen molar-refractivity contribution in [2.75, 3.05) is 13.7 Å². The van der Waals surface area contributed by atoms with Crippen LogP contribution in [0.5, 0.6) is 0 Å². The van der Waals surface area contributed by atoms with Gasteiger partial charge in [0.15, 0.2) is 12.6 Å². The van der Waals surface area contributed by atoms with Gasteiger partial charge in [0, 0.05) is 24.2 Å². The second-order valence-electron chi connectivity index (χ2n) is 10.0. The van der Waals surface area contributed by atoms with E-state index >= 15 is 0 Å². The monoisotopic (exact) mass is 509 g/mol. The highest BCUT2D eigenvalue weighted by Crippen LogP contribution is 2.31. The summed E-state index contributed by atoms with van der Waals surface area (Å²) in [7, 11) is 1.67. The number of nitrogens with two attached hydrogens (primary N) is 4. The van der Waals surface area contributed by atoms with Crippen molar-refractivity contribution in [2.45, 2.75) is 118 Å². The van der Waals surface area contributed by atoms with E-state index in [-0.39, 0.29) is 25.5 Å². The maximum atomic E-state index is 11.1. The summed E-state index contributed by atoms with van der Waals surface area (Å²) in [5.74, 6) is 0. The van der Waals surface area contributed by atoms with Gasteiger partial charge in [-0.15, -0.1) is 0 Å². The van der Waals surface area contributed by atoms with Crippen LogP contribution in [0.2, 0.25) is 0 Å². The Morgan fingerprint density at radius 2 is 1.49 bits per heavy atom. The molecule has 0 bridgehead atoms. The van der Waals surface area contributed by atoms with E-state index in [1.807, 2.05) is 0 Å². The lowest BCUT2D eigenvalue weighted by Gasteiger charge is -2.48. The minimum atomic E-state index is -1.36. The van der Waals surface area contributed by atoms with Crippen molar-refractivity contribution in [3.8, 4) is 0 Å². The SMILES string of the molecule is CNC1CC(CO)OC(OC2C(N)CC(N)C(OC3OC(CC(C)N)C(O)C(O)C3N)C2O)C1O. The van der Waals surface area contributed by atoms with Gasteiger partial charge >= 0.3 is 0 Å². The van der Waals surface area contributed by atoms with Crippen LogP contribution in [0.4, 0.5) is 0 Å². The third-order valence-corrected chi connectivity index (χ3v) is 7.11. The van der Waals surface area contributed by atoms with Crippen LogP contribution >= 0.6 is 0 Å². The zero-order valence-electron chi connectivity index (χ0n) is 20.2. The summed E-state index contributed by atoms with van der Waals surface area (Å²) in [5, 5.41) is 55.0. The van der Waals surface area contributed by atoms with Crippen molar-refractivity contribution in [3.05, 3.63) is 0 Å². The van der Waals surface area contributed by atoms with Gasteiger partial charge in [0.05, 0.1) is 24.9 Å². The van der Waals surface area contributed by atoms with Crippen LogP contribution in [-0.4, -0.2) is 131 Å². The largest absolute Gasteiger partial charge is 0.394 e. The third kappa shape index (κ3) is 6.48. The predicted molar refractivity (Wildman–Crippen MR) is 122 cm³/mol. The first kappa shape index (κ1) is 29.0. The molecule has 15 unspecified atom stereocenters. The molecule has 14 nitrogen and oxygen atoms in total. The summed E-state index contributed by atoms with van der Waals surface area (Å²) in [6.07, 6.45) is -10.1. The van der Waals surface area contributed by atoms with E-state index in [0.29, 0.717) is 6.42 Å². The van der Waals surface area contributed by atoms with E-state index in [1.54, 1.807) is 14.0 Å². The van der Waals surface area contributed by atoms with Crippen molar-refractivity contribution < 1.29 is 44.5 Å². The average molecular weight is 510 g/mol. The molecule has 1 saturated carbocycles. The summed E-state index contributed by atoms with van der Waals surface area (Å²) in [6.45, 7) is 1.47. The van der Waals surface area contributed by atoms with Gasteiger partial charge in [0.25, 0.3) is 0 Å². The van der Waals surface area contributed by atoms with Gasteiger partial charge in [-0.3, -0.25) is 0 Å². The molecule has 0 aromatic carbocycles. The number of aliphatic hydroxyl groups is 5. The fourth-order valence-electron chi connectivity index (χ4n) is 5.04. The van der Waals surface area contributed by atoms with Crippen LogP contribution in [0, 0.1) is 0 Å². The van der Waals surface area contributed by atoms with E-state index in [0.717, 1.165) is 0 Å². The Hall–Kier alpha value is -0.560. The molecule has 0 spiro atoms. The van der Waals surface area contributed by atoms with E-state index in [1.165, 1.54) is 0 Å². The lowest BCUT2D eigenvalue weighted by molar-refractivity contribution is -0.312. The summed E-state index contributed by atoms with van der Waals surface area (Å²) in [4.78, 5) is 0. The Bertz CT molecular complexity index is 667. The smallest absolute Gasteiger partial charge is 0.185 e. The lowest BCUT2D eigenvalue weighted by atomic mass is 9.84. The highest BCUT2D eigenvalue weighted by atomic mass is 16.7. The first-order chi connectivity index (χ1) is 16.5. The Balaban J connectivity index is 1.72. The van der Waals surface area contributed by atoms with Gasteiger partial charge in [0.2, 0.25) is 0 Å². The van der Waals surface area contributed by atoms with Crippen molar-refractivity contribution in [2.24, 2.45) is 22.9 Å². The van der Waals surface area contributed by atoms with Crippen LogP contribution in [0.25, 0.3) is 0 Å². The van der Waals surface area contributed by atoms with Crippen molar-refractivity contribution >= 4 is 0 Å². The standard InChI is InChI=1S/C21H43N5O9/c1-7(22)3-12-15(29)16(30)13(25)20(33-12)34-18-9(23)5-10(24)19(17(18)31)35-21-14(28)11(26-2)4-8(6-27)32-21/h7-21,26-31H,3-6,22-25H2,1-2H3. The first-order valence-electron chi connectivity index (χ1n) is 12.1. The molecule has 0 radical (unpaired) electrons. The molecule has 35 heavy (non-hydrogen) atoms. The summed E-state index contributed by atoms with van der Waals surface area (Å²) < 4.78 is 23.3. The first-order valence-corrected chi connectivity index (χ1v) is 12.1. The van der Waals surface area contributed by atoms with Gasteiger partial charge < -0.3 is 72.7 Å². The number of likely N-dealkylation sites (N-methyl/N-ethyl adjacent to an activating group) is 1. The van der Waals surface area contributed by atoms with Crippen LogP contribution in [0.1, 0.15) is 26.2 Å². The number of hydrogen-bond acceptors (Lipinski definition) is 14. The normalized spacial score (nSPS) is 50.1. The molecule has 0 aromatic heterocycles. The highest BCUT2D eigenvalue weighted by molar-refractivity contribution is 5.01. The molecule has 14 heteroatoms. The molecule has 3 rings (SSSR count). The van der Waals surface area contributed by atoms with Crippen molar-refractivity contribution in [3.63, 3.8) is 0 Å². The molecule has 0 amide bonds. The van der Waals surface area contributed by atoms with Crippen LogP contribution in [-0.2, 0) is 18.9 Å². The van der Waals surface area contributed by atoms with E-state index in [2.05, 4.69) is 5.32 Å². The number of nitrogens with one attached hydrogen (secondary N) is 1. The number of rotatable bonds is 8. The summed E-state index contributed by atoms with van der Waals surface area (Å²) >= 11 is 0. The van der Waals surface area contributed by atoms with Crippen molar-refractivity contribution in [1.29, 1.82) is 0 Å². The minimum Gasteiger partial charge on any atom is -0.394 e. The maximum Gasteiger partial charge on any atom is 0.185 e. The lowest BCUT2D eigenvalue weighted by Crippen LogP contribution is -2.68. The van der Waals surface area contributed by atoms with Gasteiger partial charge in [-0.1, -0.05) is 0 Å². The molecule has 3 aliphatic rings. The highest BCUT2D eigenvalue weighted by Gasteiger charge is 2.50. The Labute approximate surface area is 204 Å². The van der Waals surface area contributed by atoms with E-state index in [9.17, 15) is 25.5 Å². The predicted octanol–water partition coefficient (Wildman–Crippen LogP) is -5.26. The quantitative estimate of drug-likeness (QED) is 0.147. The summed E-state index contributed by atoms with van der Waals surface area (Å²) in [6, 6.07) is -3.27. The maximum absolute atomic E-state index is 11.1. The molecule has 2 aliphatic heterocycles. The second-order valence-corrected chi connectivity index (χ2v) is 10.0. The molecule has 14 N–H and O–H groups in total. The van der Waals surface area contributed by atoms with Gasteiger partial charge in [-0.05, 0) is 33.2 Å². The van der Waals surface area contributed by atoms with Gasteiger partial charge in [-0.2, -0.15) is 0 Å². The Kier molecular flexibility index (Phi) is 10.2. The molecule has 15 atom stereocenters. The van der Waals surface area contributed by atoms with E-state index < -0.39 is 85.6 Å². The molecular formula is C21H43N5O9. The van der Waals surface area contributed by atoms with Crippen LogP contribution < -0.4 is 28.3 Å². The molecular weight excluding hydrogens is 466 g/mol. The number of ether oxygens (including phenoxy) is 4. The zero-order valence-corrected chi connectivity index (χ0v) is 20.2. The van der Waals surface area contributed by atoms with Gasteiger partial charge in [0.1, 0.15) is 36.6 Å². The van der Waals surface area contributed by atoms with Crippen molar-refractivity contribution in [1.82, 2.24) is 5.32 Å². The molecule has 2 heterocycles. The Morgan fingerprint density at radius 3 is 2.03 bits per heavy atom. The summed E-state index contributed by atoms with van der Waals surface area (Å²) in [5.41, 5.74) is 24.3. The molecule has 206 valence electrons. The van der Waals surface area contributed by atoms with E-state index in [4.69, 9.17) is 41.9 Å². The molecule has 0 aromatic rings.